The van der Waals surface area contributed by atoms with Gasteiger partial charge in [0.2, 0.25) is 5.91 Å². The van der Waals surface area contributed by atoms with Gasteiger partial charge in [0.1, 0.15) is 0 Å². The highest BCUT2D eigenvalue weighted by Crippen LogP contribution is 2.21. The van der Waals surface area contributed by atoms with Crippen LogP contribution in [0.1, 0.15) is 13.3 Å². The molecule has 0 saturated carbocycles. The number of amides is 3. The molecule has 1 atom stereocenters. The Morgan fingerprint density at radius 3 is 2.50 bits per heavy atom. The number of nitrogens with zero attached hydrogens (tertiary/aromatic N) is 2. The number of hydrogen-bond donors (Lipinski definition) is 1. The van der Waals surface area contributed by atoms with E-state index in [9.17, 15) is 14.4 Å². The molecule has 0 aliphatic carbocycles. The van der Waals surface area contributed by atoms with E-state index in [0.717, 1.165) is 4.90 Å². The van der Waals surface area contributed by atoms with Crippen molar-refractivity contribution in [2.75, 3.05) is 37.7 Å². The van der Waals surface area contributed by atoms with Gasteiger partial charge in [-0.3, -0.25) is 14.5 Å². The Bertz CT molecular complexity index is 626. The molecule has 128 valence electrons. The van der Waals surface area contributed by atoms with Gasteiger partial charge in [0.15, 0.2) is 6.04 Å². The first kappa shape index (κ1) is 16.4. The van der Waals surface area contributed by atoms with Crippen molar-refractivity contribution in [1.82, 2.24) is 4.90 Å². The molecule has 1 N–H and O–H groups in total. The number of para-hydroxylation sites is 1. The van der Waals surface area contributed by atoms with Crippen LogP contribution in [0.3, 0.4) is 0 Å². The van der Waals surface area contributed by atoms with Gasteiger partial charge in [0, 0.05) is 0 Å². The fraction of sp³-hybridized carbons (Fsp3) is 0.471. The molecule has 3 amide bonds. The third-order valence-corrected chi connectivity index (χ3v) is 4.59. The van der Waals surface area contributed by atoms with Gasteiger partial charge in [-0.25, -0.2) is 9.69 Å². The third-order valence-electron chi connectivity index (χ3n) is 4.59. The molecule has 1 aromatic rings. The topological polar surface area (TPSA) is 71.4 Å². The van der Waals surface area contributed by atoms with Crippen LogP contribution in [-0.4, -0.2) is 61.6 Å². The number of carbonyl (C=O) groups is 3. The molecular weight excluding hydrogens is 310 g/mol. The zero-order chi connectivity index (χ0) is 17.1. The van der Waals surface area contributed by atoms with Crippen LogP contribution < -0.4 is 9.80 Å². The predicted molar refractivity (Wildman–Crippen MR) is 86.6 cm³/mol. The minimum absolute atomic E-state index is 0.147. The molecule has 7 nitrogen and oxygen atoms in total. The molecular formula is C17H22N3O4+. The quantitative estimate of drug-likeness (QED) is 0.770. The van der Waals surface area contributed by atoms with Gasteiger partial charge < -0.3 is 9.64 Å². The lowest BCUT2D eigenvalue weighted by Gasteiger charge is -2.33. The summed E-state index contributed by atoms with van der Waals surface area (Å²) in [5, 5.41) is 0. The highest BCUT2D eigenvalue weighted by molar-refractivity contribution is 6.21. The Balaban J connectivity index is 1.64. The third kappa shape index (κ3) is 3.12. The van der Waals surface area contributed by atoms with E-state index in [1.54, 1.807) is 24.0 Å². The minimum atomic E-state index is -0.359. The summed E-state index contributed by atoms with van der Waals surface area (Å²) in [7, 11) is 0. The van der Waals surface area contributed by atoms with Gasteiger partial charge in [-0.05, 0) is 19.1 Å². The van der Waals surface area contributed by atoms with Gasteiger partial charge in [-0.1, -0.05) is 18.2 Å². The summed E-state index contributed by atoms with van der Waals surface area (Å²) in [4.78, 5) is 40.8. The number of carbonyl (C=O) groups excluding carboxylic acids is 3. The summed E-state index contributed by atoms with van der Waals surface area (Å²) < 4.78 is 5.00. The molecule has 0 bridgehead atoms. The first-order chi connectivity index (χ1) is 11.6. The van der Waals surface area contributed by atoms with Crippen molar-refractivity contribution in [3.63, 3.8) is 0 Å². The number of benzene rings is 1. The Morgan fingerprint density at radius 2 is 1.88 bits per heavy atom. The van der Waals surface area contributed by atoms with Crippen LogP contribution in [0, 0.1) is 0 Å². The van der Waals surface area contributed by atoms with Crippen LogP contribution >= 0.6 is 0 Å². The zero-order valence-electron chi connectivity index (χ0n) is 13.7. The molecule has 0 aromatic heterocycles. The molecule has 3 rings (SSSR count). The van der Waals surface area contributed by atoms with Crippen molar-refractivity contribution in [2.45, 2.75) is 19.4 Å². The number of imide groups is 1. The van der Waals surface area contributed by atoms with Gasteiger partial charge in [-0.15, -0.1) is 0 Å². The summed E-state index contributed by atoms with van der Waals surface area (Å²) >= 11 is 0. The zero-order valence-corrected chi connectivity index (χ0v) is 13.7. The number of nitrogens with one attached hydrogen (secondary N) is 1. The molecule has 0 radical (unpaired) electrons. The lowest BCUT2D eigenvalue weighted by Crippen LogP contribution is -3.19. The van der Waals surface area contributed by atoms with E-state index in [1.165, 1.54) is 4.90 Å². The maximum Gasteiger partial charge on any atom is 0.410 e. The number of rotatable bonds is 3. The van der Waals surface area contributed by atoms with E-state index >= 15 is 0 Å². The van der Waals surface area contributed by atoms with E-state index < -0.39 is 0 Å². The van der Waals surface area contributed by atoms with E-state index in [4.69, 9.17) is 4.74 Å². The second-order valence-corrected chi connectivity index (χ2v) is 6.00. The number of anilines is 1. The van der Waals surface area contributed by atoms with E-state index in [0.29, 0.717) is 38.5 Å². The molecule has 2 heterocycles. The Hall–Kier alpha value is -2.41. The lowest BCUT2D eigenvalue weighted by molar-refractivity contribution is -0.918. The maximum atomic E-state index is 12.7. The molecule has 0 spiro atoms. The molecule has 7 heteroatoms. The van der Waals surface area contributed by atoms with Crippen LogP contribution in [0.15, 0.2) is 30.3 Å². The van der Waals surface area contributed by atoms with Crippen LogP contribution in [0.25, 0.3) is 0 Å². The van der Waals surface area contributed by atoms with Gasteiger partial charge in [-0.2, -0.15) is 0 Å². The normalized spacial score (nSPS) is 22.1. The monoisotopic (exact) mass is 332 g/mol. The van der Waals surface area contributed by atoms with Gasteiger partial charge in [0.25, 0.3) is 5.91 Å². The number of hydrogen-bond acceptors (Lipinski definition) is 4. The number of piperazine rings is 1. The summed E-state index contributed by atoms with van der Waals surface area (Å²) in [6, 6.07) is 8.66. The lowest BCUT2D eigenvalue weighted by atomic mass is 10.2. The summed E-state index contributed by atoms with van der Waals surface area (Å²) in [6.07, 6.45) is -0.0843. The standard InChI is InChI=1S/C17H21N3O4/c1-2-24-17(23)19-10-8-18(9-11-19)14-12-15(21)20(16(14)22)13-6-4-3-5-7-13/h3-7,14H,2,8-12H2,1H3/p+1/t14-/m0/s1. The fourth-order valence-electron chi connectivity index (χ4n) is 3.34. The van der Waals surface area contributed by atoms with E-state index in [-0.39, 0.29) is 30.4 Å². The molecule has 24 heavy (non-hydrogen) atoms. The van der Waals surface area contributed by atoms with Gasteiger partial charge >= 0.3 is 6.09 Å². The van der Waals surface area contributed by atoms with Gasteiger partial charge in [0.05, 0.1) is 44.9 Å². The first-order valence-corrected chi connectivity index (χ1v) is 8.30. The van der Waals surface area contributed by atoms with Crippen molar-refractivity contribution in [1.29, 1.82) is 0 Å². The number of quaternary nitrogens is 1. The van der Waals surface area contributed by atoms with Crippen LogP contribution in [0.4, 0.5) is 10.5 Å². The summed E-state index contributed by atoms with van der Waals surface area (Å²) in [5.74, 6) is -0.303. The average Bonchev–Trinajstić information content (AvgIpc) is 2.90. The second kappa shape index (κ2) is 7.00. The maximum absolute atomic E-state index is 12.7. The molecule has 2 aliphatic rings. The summed E-state index contributed by atoms with van der Waals surface area (Å²) in [6.45, 7) is 4.50. The average molecular weight is 332 g/mol. The molecule has 2 aliphatic heterocycles. The summed E-state index contributed by atoms with van der Waals surface area (Å²) in [5.41, 5.74) is 0.625. The smallest absolute Gasteiger partial charge is 0.410 e. The predicted octanol–water partition coefficient (Wildman–Crippen LogP) is -0.324. The Morgan fingerprint density at radius 1 is 1.21 bits per heavy atom. The van der Waals surface area contributed by atoms with Crippen molar-refractivity contribution < 1.29 is 24.0 Å². The van der Waals surface area contributed by atoms with Crippen molar-refractivity contribution >= 4 is 23.6 Å². The van der Waals surface area contributed by atoms with Crippen LogP contribution in [0.2, 0.25) is 0 Å². The second-order valence-electron chi connectivity index (χ2n) is 6.00. The number of ether oxygens (including phenoxy) is 1. The van der Waals surface area contributed by atoms with Crippen molar-refractivity contribution in [3.05, 3.63) is 30.3 Å². The minimum Gasteiger partial charge on any atom is -0.450 e. The molecule has 2 saturated heterocycles. The molecule has 2 fully saturated rings. The Kier molecular flexibility index (Phi) is 4.80. The highest BCUT2D eigenvalue weighted by Gasteiger charge is 2.46. The largest absolute Gasteiger partial charge is 0.450 e. The van der Waals surface area contributed by atoms with Crippen LogP contribution in [0.5, 0.6) is 0 Å². The Labute approximate surface area is 140 Å². The van der Waals surface area contributed by atoms with Crippen molar-refractivity contribution in [2.24, 2.45) is 0 Å². The van der Waals surface area contributed by atoms with Crippen molar-refractivity contribution in [3.8, 4) is 0 Å². The highest BCUT2D eigenvalue weighted by atomic mass is 16.6. The van der Waals surface area contributed by atoms with E-state index in [1.807, 2.05) is 18.2 Å². The molecule has 0 unspecified atom stereocenters. The SMILES string of the molecule is CCOC(=O)N1CC[NH+]([C@H]2CC(=O)N(c3ccccc3)C2=O)CC1. The van der Waals surface area contributed by atoms with Crippen LogP contribution in [-0.2, 0) is 14.3 Å². The molecule has 1 aromatic carbocycles. The fourth-order valence-corrected chi connectivity index (χ4v) is 3.34. The first-order valence-electron chi connectivity index (χ1n) is 8.30. The van der Waals surface area contributed by atoms with E-state index in [2.05, 4.69) is 0 Å².